The maximum absolute atomic E-state index is 12.0. The van der Waals surface area contributed by atoms with Crippen molar-refractivity contribution in [2.75, 3.05) is 13.2 Å². The second-order valence-corrected chi connectivity index (χ2v) is 8.63. The zero-order valence-electron chi connectivity index (χ0n) is 17.3. The van der Waals surface area contributed by atoms with E-state index in [-0.39, 0.29) is 24.2 Å². The minimum Gasteiger partial charge on any atom is -0.483 e. The Morgan fingerprint density at radius 1 is 1.03 bits per heavy atom. The lowest BCUT2D eigenvalue weighted by Gasteiger charge is -2.15. The largest absolute Gasteiger partial charge is 0.483 e. The minimum atomic E-state index is -0.511. The molecule has 0 aliphatic heterocycles. The van der Waals surface area contributed by atoms with Crippen molar-refractivity contribution in [1.29, 1.82) is 0 Å². The number of thiocarbonyl (C=S) groups is 1. The smallest absolute Gasteiger partial charge is 0.276 e. The number of carbonyl (C=O) groups excluding carboxylic acids is 2. The third-order valence-electron chi connectivity index (χ3n) is 3.97. The van der Waals surface area contributed by atoms with E-state index in [1.54, 1.807) is 18.2 Å². The number of ether oxygens (including phenoxy) is 2. The Bertz CT molecular complexity index is 972. The summed E-state index contributed by atoms with van der Waals surface area (Å²) in [6.07, 6.45) is 0. The van der Waals surface area contributed by atoms with Gasteiger partial charge in [0.1, 0.15) is 11.5 Å². The summed E-state index contributed by atoms with van der Waals surface area (Å²) < 4.78 is 11.8. The molecule has 0 saturated heterocycles. The molecule has 0 unspecified atom stereocenters. The molecule has 0 saturated carbocycles. The molecule has 31 heavy (non-hydrogen) atoms. The van der Waals surface area contributed by atoms with E-state index < -0.39 is 11.8 Å². The Labute approximate surface area is 199 Å². The van der Waals surface area contributed by atoms with Crippen LogP contribution in [0.4, 0.5) is 0 Å². The van der Waals surface area contributed by atoms with Gasteiger partial charge < -0.3 is 9.47 Å². The number of hydrogen-bond donors (Lipinski definition) is 3. The van der Waals surface area contributed by atoms with Crippen molar-refractivity contribution in [3.8, 4) is 11.5 Å². The van der Waals surface area contributed by atoms with Crippen molar-refractivity contribution < 1.29 is 19.1 Å². The van der Waals surface area contributed by atoms with Crippen LogP contribution in [0.3, 0.4) is 0 Å². The van der Waals surface area contributed by atoms with Crippen LogP contribution in [0.15, 0.2) is 40.9 Å². The van der Waals surface area contributed by atoms with Gasteiger partial charge in [-0.25, -0.2) is 0 Å². The van der Waals surface area contributed by atoms with Crippen molar-refractivity contribution in [2.45, 2.75) is 26.7 Å². The van der Waals surface area contributed by atoms with Crippen molar-refractivity contribution in [3.05, 3.63) is 57.0 Å². The van der Waals surface area contributed by atoms with Gasteiger partial charge in [0, 0.05) is 4.47 Å². The highest BCUT2D eigenvalue weighted by Crippen LogP contribution is 2.28. The summed E-state index contributed by atoms with van der Waals surface area (Å²) in [7, 11) is 0. The summed E-state index contributed by atoms with van der Waals surface area (Å²) in [5, 5.41) is 2.67. The van der Waals surface area contributed by atoms with E-state index in [1.165, 1.54) is 0 Å². The first-order chi connectivity index (χ1) is 14.7. The van der Waals surface area contributed by atoms with Gasteiger partial charge in [0.15, 0.2) is 18.3 Å². The second kappa shape index (κ2) is 11.9. The van der Waals surface area contributed by atoms with Crippen molar-refractivity contribution in [2.24, 2.45) is 0 Å². The third-order valence-corrected chi connectivity index (χ3v) is 4.96. The highest BCUT2D eigenvalue weighted by atomic mass is 79.9. The van der Waals surface area contributed by atoms with Crippen LogP contribution in [-0.2, 0) is 9.59 Å². The molecular weight excluding hydrogens is 506 g/mol. The van der Waals surface area contributed by atoms with E-state index in [0.29, 0.717) is 16.5 Å². The van der Waals surface area contributed by atoms with Crippen LogP contribution in [0.1, 0.15) is 30.9 Å². The molecule has 0 atom stereocenters. The predicted molar refractivity (Wildman–Crippen MR) is 127 cm³/mol. The second-order valence-electron chi connectivity index (χ2n) is 6.90. The number of hydrogen-bond acceptors (Lipinski definition) is 5. The number of hydrazine groups is 1. The maximum Gasteiger partial charge on any atom is 0.276 e. The van der Waals surface area contributed by atoms with Crippen LogP contribution in [0, 0.1) is 6.92 Å². The number of rotatable bonds is 7. The Kier molecular flexibility index (Phi) is 9.54. The lowest BCUT2D eigenvalue weighted by molar-refractivity contribution is -0.124. The molecule has 0 fully saturated rings. The van der Waals surface area contributed by atoms with Crippen LogP contribution in [0.2, 0.25) is 5.02 Å². The number of benzene rings is 2. The number of amides is 2. The molecular formula is C21H23BrClN3O4S. The van der Waals surface area contributed by atoms with Gasteiger partial charge in [0.2, 0.25) is 0 Å². The van der Waals surface area contributed by atoms with Gasteiger partial charge in [-0.05, 0) is 60.5 Å². The third kappa shape index (κ3) is 8.35. The molecule has 7 nitrogen and oxygen atoms in total. The first-order valence-electron chi connectivity index (χ1n) is 9.35. The number of carbonyl (C=O) groups is 2. The van der Waals surface area contributed by atoms with Crippen molar-refractivity contribution in [3.63, 3.8) is 0 Å². The Balaban J connectivity index is 1.74. The normalized spacial score (nSPS) is 10.4. The number of nitrogens with one attached hydrogen (secondary N) is 3. The molecule has 0 aliphatic carbocycles. The first kappa shape index (κ1) is 24.9. The molecule has 0 heterocycles. The molecule has 166 valence electrons. The van der Waals surface area contributed by atoms with E-state index in [0.717, 1.165) is 15.6 Å². The molecule has 0 spiro atoms. The van der Waals surface area contributed by atoms with Gasteiger partial charge >= 0.3 is 0 Å². The molecule has 0 radical (unpaired) electrons. The number of aryl methyl sites for hydroxylation is 1. The Hall–Kier alpha value is -2.36. The fraction of sp³-hybridized carbons (Fsp3) is 0.286. The molecule has 0 aromatic heterocycles. The average molecular weight is 529 g/mol. The molecule has 2 aromatic carbocycles. The van der Waals surface area contributed by atoms with E-state index in [9.17, 15) is 9.59 Å². The first-order valence-corrected chi connectivity index (χ1v) is 10.9. The van der Waals surface area contributed by atoms with Gasteiger partial charge in [0.25, 0.3) is 11.8 Å². The van der Waals surface area contributed by atoms with E-state index in [1.807, 2.05) is 25.1 Å². The zero-order valence-corrected chi connectivity index (χ0v) is 20.4. The summed E-state index contributed by atoms with van der Waals surface area (Å²) in [6, 6.07) is 10.9. The molecule has 2 rings (SSSR count). The number of halogens is 2. The lowest BCUT2D eigenvalue weighted by atomic mass is 10.0. The summed E-state index contributed by atoms with van der Waals surface area (Å²) in [5.41, 5.74) is 6.87. The van der Waals surface area contributed by atoms with Crippen LogP contribution in [0.5, 0.6) is 11.5 Å². The monoisotopic (exact) mass is 527 g/mol. The Morgan fingerprint density at radius 2 is 1.71 bits per heavy atom. The SMILES string of the molecule is Cc1ccc(C(C)C)c(OCC(=O)NNC(=S)NC(=O)COc2ccc(Br)cc2Cl)c1. The molecule has 2 amide bonds. The van der Waals surface area contributed by atoms with Gasteiger partial charge in [-0.2, -0.15) is 0 Å². The van der Waals surface area contributed by atoms with E-state index in [2.05, 4.69) is 45.9 Å². The fourth-order valence-corrected chi connectivity index (χ4v) is 3.37. The molecule has 10 heteroatoms. The quantitative estimate of drug-likeness (QED) is 0.372. The van der Waals surface area contributed by atoms with Gasteiger partial charge in [0.05, 0.1) is 5.02 Å². The van der Waals surface area contributed by atoms with Crippen LogP contribution in [0.25, 0.3) is 0 Å². The Morgan fingerprint density at radius 3 is 2.39 bits per heavy atom. The summed E-state index contributed by atoms with van der Waals surface area (Å²) in [4.78, 5) is 24.0. The maximum atomic E-state index is 12.0. The van der Waals surface area contributed by atoms with E-state index in [4.69, 9.17) is 33.3 Å². The topological polar surface area (TPSA) is 88.7 Å². The van der Waals surface area contributed by atoms with Crippen LogP contribution in [-0.4, -0.2) is 30.1 Å². The summed E-state index contributed by atoms with van der Waals surface area (Å²) in [5.74, 6) is 0.314. The average Bonchev–Trinajstić information content (AvgIpc) is 2.69. The van der Waals surface area contributed by atoms with Gasteiger partial charge in [-0.15, -0.1) is 0 Å². The van der Waals surface area contributed by atoms with Crippen molar-refractivity contribution >= 4 is 56.7 Å². The molecule has 0 bridgehead atoms. The molecule has 2 aromatic rings. The minimum absolute atomic E-state index is 0.0812. The lowest BCUT2D eigenvalue weighted by Crippen LogP contribution is -2.50. The highest BCUT2D eigenvalue weighted by Gasteiger charge is 2.12. The predicted octanol–water partition coefficient (Wildman–Crippen LogP) is 4.01. The van der Waals surface area contributed by atoms with Gasteiger partial charge in [-0.1, -0.05) is 53.5 Å². The summed E-state index contributed by atoms with van der Waals surface area (Å²) >= 11 is 14.3. The summed E-state index contributed by atoms with van der Waals surface area (Å²) in [6.45, 7) is 5.54. The standard InChI is InChI=1S/C21H23BrClN3O4S/c1-12(2)15-6-4-13(3)8-18(15)30-11-20(28)25-26-21(31)24-19(27)10-29-17-7-5-14(22)9-16(17)23/h4-9,12H,10-11H2,1-3H3,(H,25,28)(H2,24,26,27,31). The zero-order chi connectivity index (χ0) is 23.0. The van der Waals surface area contributed by atoms with Crippen LogP contribution < -0.4 is 25.6 Å². The molecule has 0 aliphatic rings. The molecule has 3 N–H and O–H groups in total. The van der Waals surface area contributed by atoms with E-state index >= 15 is 0 Å². The highest BCUT2D eigenvalue weighted by molar-refractivity contribution is 9.10. The van der Waals surface area contributed by atoms with Crippen molar-refractivity contribution in [1.82, 2.24) is 16.2 Å². The van der Waals surface area contributed by atoms with Gasteiger partial charge in [-0.3, -0.25) is 25.8 Å². The van der Waals surface area contributed by atoms with Crippen LogP contribution >= 0.6 is 39.7 Å². The fourth-order valence-electron chi connectivity index (χ4n) is 2.48.